The average molecular weight is 392 g/mol. The van der Waals surface area contributed by atoms with Gasteiger partial charge in [0.15, 0.2) is 11.6 Å². The molecule has 4 heterocycles. The van der Waals surface area contributed by atoms with Crippen molar-refractivity contribution in [2.24, 2.45) is 0 Å². The first-order valence-corrected chi connectivity index (χ1v) is 9.62. The van der Waals surface area contributed by atoms with Crippen molar-refractivity contribution >= 4 is 17.5 Å². The number of hydrogen-bond acceptors (Lipinski definition) is 6. The predicted octanol–water partition coefficient (Wildman–Crippen LogP) is 3.21. The van der Waals surface area contributed by atoms with Crippen molar-refractivity contribution in [1.29, 1.82) is 0 Å². The summed E-state index contributed by atoms with van der Waals surface area (Å²) < 4.78 is 38.7. The van der Waals surface area contributed by atoms with Crippen LogP contribution in [-0.4, -0.2) is 54.4 Å². The number of halogens is 3. The minimum Gasteiger partial charge on any atom is -0.355 e. The van der Waals surface area contributed by atoms with Gasteiger partial charge >= 0.3 is 6.18 Å². The van der Waals surface area contributed by atoms with E-state index in [0.29, 0.717) is 32.0 Å². The summed E-state index contributed by atoms with van der Waals surface area (Å²) in [6.07, 6.45) is 0.511. The smallest absolute Gasteiger partial charge is 0.355 e. The molecule has 2 aromatic heterocycles. The first-order chi connectivity index (χ1) is 13.5. The fraction of sp³-hybridized carbons (Fsp3) is 0.526. The summed E-state index contributed by atoms with van der Waals surface area (Å²) in [5, 5.41) is 8.75. The van der Waals surface area contributed by atoms with Crippen LogP contribution in [0, 0.1) is 0 Å². The maximum atomic E-state index is 12.9. The van der Waals surface area contributed by atoms with Crippen LogP contribution < -0.4 is 14.7 Å². The topological polar surface area (TPSA) is 48.4 Å². The summed E-state index contributed by atoms with van der Waals surface area (Å²) in [7, 11) is 0. The minimum absolute atomic E-state index is 0.362. The molecule has 0 unspecified atom stereocenters. The van der Waals surface area contributed by atoms with Gasteiger partial charge in [-0.1, -0.05) is 0 Å². The fourth-order valence-corrected chi connectivity index (χ4v) is 3.71. The van der Waals surface area contributed by atoms with E-state index >= 15 is 0 Å². The van der Waals surface area contributed by atoms with Crippen molar-refractivity contribution in [3.8, 4) is 0 Å². The quantitative estimate of drug-likeness (QED) is 0.800. The van der Waals surface area contributed by atoms with Crippen LogP contribution in [0.5, 0.6) is 0 Å². The summed E-state index contributed by atoms with van der Waals surface area (Å²) in [6.45, 7) is 4.55. The summed E-state index contributed by atoms with van der Waals surface area (Å²) in [5.74, 6) is 2.08. The zero-order valence-corrected chi connectivity index (χ0v) is 15.6. The first-order valence-electron chi connectivity index (χ1n) is 9.62. The van der Waals surface area contributed by atoms with Gasteiger partial charge in [0.25, 0.3) is 0 Å². The van der Waals surface area contributed by atoms with E-state index in [4.69, 9.17) is 0 Å². The molecule has 0 radical (unpaired) electrons. The van der Waals surface area contributed by atoms with Gasteiger partial charge in [-0.3, -0.25) is 0 Å². The zero-order valence-electron chi connectivity index (χ0n) is 15.6. The van der Waals surface area contributed by atoms with Crippen LogP contribution in [0.3, 0.4) is 0 Å². The summed E-state index contributed by atoms with van der Waals surface area (Å²) in [4.78, 5) is 10.4. The van der Waals surface area contributed by atoms with E-state index < -0.39 is 11.7 Å². The van der Waals surface area contributed by atoms with Crippen LogP contribution in [0.1, 0.15) is 24.8 Å². The Kier molecular flexibility index (Phi) is 5.23. The second-order valence-corrected chi connectivity index (χ2v) is 7.17. The van der Waals surface area contributed by atoms with E-state index in [2.05, 4.69) is 25.0 Å². The fourth-order valence-electron chi connectivity index (χ4n) is 3.71. The molecule has 0 spiro atoms. The second-order valence-electron chi connectivity index (χ2n) is 7.17. The maximum absolute atomic E-state index is 12.9. The molecular formula is C19H23F3N6. The molecule has 2 aromatic rings. The van der Waals surface area contributed by atoms with Gasteiger partial charge in [0, 0.05) is 45.5 Å². The van der Waals surface area contributed by atoms with Crippen LogP contribution in [-0.2, 0) is 6.18 Å². The Morgan fingerprint density at radius 2 is 1.21 bits per heavy atom. The number of alkyl halides is 3. The normalized spacial score (nSPS) is 18.5. The number of anilines is 3. The van der Waals surface area contributed by atoms with Crippen molar-refractivity contribution in [1.82, 2.24) is 15.2 Å². The Hall–Kier alpha value is -2.58. The lowest BCUT2D eigenvalue weighted by Gasteiger charge is -2.36. The molecule has 0 amide bonds. The van der Waals surface area contributed by atoms with E-state index in [9.17, 15) is 13.2 Å². The van der Waals surface area contributed by atoms with Crippen LogP contribution in [0.4, 0.5) is 30.6 Å². The highest BCUT2D eigenvalue weighted by Crippen LogP contribution is 2.31. The summed E-state index contributed by atoms with van der Waals surface area (Å²) in [5.41, 5.74) is -0.668. The number of rotatable bonds is 3. The molecule has 0 aliphatic carbocycles. The molecular weight excluding hydrogens is 369 g/mol. The molecule has 0 N–H and O–H groups in total. The average Bonchev–Trinajstić information content (AvgIpc) is 2.74. The molecule has 0 atom stereocenters. The molecule has 2 fully saturated rings. The molecule has 0 bridgehead atoms. The van der Waals surface area contributed by atoms with Gasteiger partial charge in [0.05, 0.1) is 5.56 Å². The maximum Gasteiger partial charge on any atom is 0.416 e. The van der Waals surface area contributed by atoms with Gasteiger partial charge in [-0.2, -0.15) is 13.2 Å². The second kappa shape index (κ2) is 7.81. The van der Waals surface area contributed by atoms with Crippen molar-refractivity contribution in [3.05, 3.63) is 36.0 Å². The molecule has 4 rings (SSSR count). The van der Waals surface area contributed by atoms with Gasteiger partial charge < -0.3 is 14.7 Å². The number of pyridine rings is 1. The molecule has 150 valence electrons. The number of piperidine rings is 1. The Bertz CT molecular complexity index is 781. The SMILES string of the molecule is FC(F)(F)c1ccnc(N2CCN(c3ccc(N4CCCCC4)nn3)CC2)c1. The first kappa shape index (κ1) is 18.8. The van der Waals surface area contributed by atoms with Crippen molar-refractivity contribution in [2.75, 3.05) is 54.0 Å². The van der Waals surface area contributed by atoms with Gasteiger partial charge in [-0.15, -0.1) is 10.2 Å². The lowest BCUT2D eigenvalue weighted by molar-refractivity contribution is -0.137. The van der Waals surface area contributed by atoms with E-state index in [-0.39, 0.29) is 0 Å². The zero-order chi connectivity index (χ0) is 19.6. The highest BCUT2D eigenvalue weighted by molar-refractivity contribution is 5.48. The molecule has 0 aromatic carbocycles. The van der Waals surface area contributed by atoms with Crippen LogP contribution in [0.15, 0.2) is 30.5 Å². The Morgan fingerprint density at radius 1 is 0.679 bits per heavy atom. The van der Waals surface area contributed by atoms with E-state index in [1.165, 1.54) is 25.5 Å². The molecule has 28 heavy (non-hydrogen) atoms. The standard InChI is InChI=1S/C19H23F3N6/c20-19(21,22)15-6-7-23-18(14-15)28-12-10-27(11-13-28)17-5-4-16(24-25-17)26-8-2-1-3-9-26/h4-7,14H,1-3,8-13H2. The largest absolute Gasteiger partial charge is 0.416 e. The number of aromatic nitrogens is 3. The third-order valence-corrected chi connectivity index (χ3v) is 5.32. The predicted molar refractivity (Wildman–Crippen MR) is 102 cm³/mol. The molecule has 2 aliphatic heterocycles. The van der Waals surface area contributed by atoms with Gasteiger partial charge in [0.2, 0.25) is 0 Å². The Labute approximate surface area is 162 Å². The summed E-state index contributed by atoms with van der Waals surface area (Å²) in [6, 6.07) is 6.10. The minimum atomic E-state index is -4.36. The Morgan fingerprint density at radius 3 is 1.75 bits per heavy atom. The molecule has 2 saturated heterocycles. The summed E-state index contributed by atoms with van der Waals surface area (Å²) >= 11 is 0. The van der Waals surface area contributed by atoms with E-state index in [1.54, 1.807) is 0 Å². The lowest BCUT2D eigenvalue weighted by atomic mass is 10.1. The van der Waals surface area contributed by atoms with Crippen molar-refractivity contribution < 1.29 is 13.2 Å². The number of hydrogen-bond donors (Lipinski definition) is 0. The highest BCUT2D eigenvalue weighted by atomic mass is 19.4. The highest BCUT2D eigenvalue weighted by Gasteiger charge is 2.31. The molecule has 6 nitrogen and oxygen atoms in total. The molecule has 9 heteroatoms. The van der Waals surface area contributed by atoms with Gasteiger partial charge in [0.1, 0.15) is 5.82 Å². The third-order valence-electron chi connectivity index (χ3n) is 5.32. The van der Waals surface area contributed by atoms with E-state index in [1.807, 2.05) is 17.0 Å². The van der Waals surface area contributed by atoms with Gasteiger partial charge in [-0.05, 0) is 43.5 Å². The monoisotopic (exact) mass is 392 g/mol. The number of nitrogens with zero attached hydrogens (tertiary/aromatic N) is 6. The Balaban J connectivity index is 1.37. The third kappa shape index (κ3) is 4.13. The van der Waals surface area contributed by atoms with Crippen LogP contribution >= 0.6 is 0 Å². The van der Waals surface area contributed by atoms with Gasteiger partial charge in [-0.25, -0.2) is 4.98 Å². The van der Waals surface area contributed by atoms with Crippen molar-refractivity contribution in [2.45, 2.75) is 25.4 Å². The van der Waals surface area contributed by atoms with Crippen LogP contribution in [0.25, 0.3) is 0 Å². The lowest BCUT2D eigenvalue weighted by Crippen LogP contribution is -2.47. The molecule has 2 aliphatic rings. The van der Waals surface area contributed by atoms with Crippen LogP contribution in [0.2, 0.25) is 0 Å². The molecule has 0 saturated carbocycles. The van der Waals surface area contributed by atoms with Crippen molar-refractivity contribution in [3.63, 3.8) is 0 Å². The number of piperazine rings is 1. The van der Waals surface area contributed by atoms with E-state index in [0.717, 1.165) is 36.9 Å².